The second-order valence-electron chi connectivity index (χ2n) is 6.64. The normalized spacial score (nSPS) is 18.3. The van der Waals surface area contributed by atoms with E-state index in [0.29, 0.717) is 16.8 Å². The topological polar surface area (TPSA) is 80.0 Å². The summed E-state index contributed by atoms with van der Waals surface area (Å²) < 4.78 is 0. The van der Waals surface area contributed by atoms with Crippen LogP contribution in [0.1, 0.15) is 62.5 Å². The highest BCUT2D eigenvalue weighted by atomic mass is 16.1. The molecule has 1 heterocycles. The number of hydrogen-bond acceptors (Lipinski definition) is 4. The van der Waals surface area contributed by atoms with Gasteiger partial charge in [0.2, 0.25) is 0 Å². The predicted molar refractivity (Wildman–Crippen MR) is 84.9 cm³/mol. The van der Waals surface area contributed by atoms with Crippen molar-refractivity contribution in [1.29, 1.82) is 0 Å². The van der Waals surface area contributed by atoms with Gasteiger partial charge in [0.15, 0.2) is 0 Å². The standard InChI is InChI=1S/C16H26N4O/c1-4-12-9-11(10-14(18-12)20-17)15(21)19-13-5-7-16(2,3)8-6-13/h9-10,13H,4-8,17H2,1-3H3,(H,18,20)(H,19,21). The molecule has 0 radical (unpaired) electrons. The van der Waals surface area contributed by atoms with Crippen molar-refractivity contribution in [2.75, 3.05) is 5.43 Å². The van der Waals surface area contributed by atoms with E-state index in [1.165, 1.54) is 0 Å². The Labute approximate surface area is 126 Å². The van der Waals surface area contributed by atoms with Crippen LogP contribution in [0.4, 0.5) is 5.82 Å². The number of aryl methyl sites for hydroxylation is 1. The monoisotopic (exact) mass is 290 g/mol. The number of nitrogen functional groups attached to an aromatic ring is 1. The number of carbonyl (C=O) groups is 1. The Morgan fingerprint density at radius 1 is 1.38 bits per heavy atom. The molecule has 1 aliphatic rings. The SMILES string of the molecule is CCc1cc(C(=O)NC2CCC(C)(C)CC2)cc(NN)n1. The molecule has 1 saturated carbocycles. The van der Waals surface area contributed by atoms with Gasteiger partial charge < -0.3 is 10.7 Å². The molecule has 0 saturated heterocycles. The second kappa shape index (κ2) is 6.43. The van der Waals surface area contributed by atoms with Gasteiger partial charge in [-0.25, -0.2) is 10.8 Å². The lowest BCUT2D eigenvalue weighted by Crippen LogP contribution is -2.39. The predicted octanol–water partition coefficient (Wildman–Crippen LogP) is 2.63. The van der Waals surface area contributed by atoms with Crippen molar-refractivity contribution in [2.24, 2.45) is 11.3 Å². The number of nitrogens with two attached hydrogens (primary N) is 1. The molecule has 1 fully saturated rings. The molecule has 2 rings (SSSR count). The van der Waals surface area contributed by atoms with Gasteiger partial charge in [0, 0.05) is 17.3 Å². The zero-order valence-corrected chi connectivity index (χ0v) is 13.2. The van der Waals surface area contributed by atoms with Crippen molar-refractivity contribution < 1.29 is 4.79 Å². The number of aromatic nitrogens is 1. The Morgan fingerprint density at radius 3 is 2.62 bits per heavy atom. The molecule has 5 nitrogen and oxygen atoms in total. The highest BCUT2D eigenvalue weighted by Crippen LogP contribution is 2.35. The molecule has 1 amide bonds. The quantitative estimate of drug-likeness (QED) is 0.588. The van der Waals surface area contributed by atoms with Crippen molar-refractivity contribution in [3.05, 3.63) is 23.4 Å². The van der Waals surface area contributed by atoms with E-state index in [1.54, 1.807) is 6.07 Å². The summed E-state index contributed by atoms with van der Waals surface area (Å²) in [5.41, 5.74) is 4.41. The van der Waals surface area contributed by atoms with E-state index in [-0.39, 0.29) is 11.9 Å². The van der Waals surface area contributed by atoms with E-state index in [9.17, 15) is 4.79 Å². The van der Waals surface area contributed by atoms with Crippen LogP contribution in [-0.2, 0) is 6.42 Å². The summed E-state index contributed by atoms with van der Waals surface area (Å²) in [7, 11) is 0. The van der Waals surface area contributed by atoms with Crippen LogP contribution >= 0.6 is 0 Å². The van der Waals surface area contributed by atoms with Gasteiger partial charge in [-0.3, -0.25) is 4.79 Å². The molecule has 5 heteroatoms. The smallest absolute Gasteiger partial charge is 0.251 e. The first kappa shape index (κ1) is 15.8. The zero-order valence-electron chi connectivity index (χ0n) is 13.2. The van der Waals surface area contributed by atoms with E-state index in [2.05, 4.69) is 29.6 Å². The number of carbonyl (C=O) groups excluding carboxylic acids is 1. The largest absolute Gasteiger partial charge is 0.349 e. The van der Waals surface area contributed by atoms with E-state index in [0.717, 1.165) is 37.8 Å². The van der Waals surface area contributed by atoms with Crippen LogP contribution < -0.4 is 16.6 Å². The zero-order chi connectivity index (χ0) is 15.5. The number of hydrazine groups is 1. The first-order valence-electron chi connectivity index (χ1n) is 7.72. The lowest BCUT2D eigenvalue weighted by molar-refractivity contribution is 0.0909. The number of nitrogens with one attached hydrogen (secondary N) is 2. The molecule has 0 bridgehead atoms. The maximum Gasteiger partial charge on any atom is 0.251 e. The number of nitrogens with zero attached hydrogens (tertiary/aromatic N) is 1. The molecule has 0 atom stereocenters. The average molecular weight is 290 g/mol. The first-order chi connectivity index (χ1) is 9.93. The Kier molecular flexibility index (Phi) is 4.83. The van der Waals surface area contributed by atoms with Gasteiger partial charge in [-0.2, -0.15) is 0 Å². The minimum Gasteiger partial charge on any atom is -0.349 e. The first-order valence-corrected chi connectivity index (χ1v) is 7.72. The van der Waals surface area contributed by atoms with Crippen LogP contribution in [0.2, 0.25) is 0 Å². The lowest BCUT2D eigenvalue weighted by Gasteiger charge is -2.34. The third-order valence-electron chi connectivity index (χ3n) is 4.33. The van der Waals surface area contributed by atoms with Crippen LogP contribution in [0, 0.1) is 5.41 Å². The molecule has 0 unspecified atom stereocenters. The van der Waals surface area contributed by atoms with E-state index < -0.39 is 0 Å². The summed E-state index contributed by atoms with van der Waals surface area (Å²) in [6.07, 6.45) is 5.18. The van der Waals surface area contributed by atoms with Crippen molar-refractivity contribution in [2.45, 2.75) is 58.9 Å². The molecule has 4 N–H and O–H groups in total. The second-order valence-corrected chi connectivity index (χ2v) is 6.64. The van der Waals surface area contributed by atoms with Crippen LogP contribution in [0.25, 0.3) is 0 Å². The summed E-state index contributed by atoms with van der Waals surface area (Å²) in [5.74, 6) is 5.91. The van der Waals surface area contributed by atoms with Crippen molar-refractivity contribution >= 4 is 11.7 Å². The summed E-state index contributed by atoms with van der Waals surface area (Å²) in [6, 6.07) is 3.81. The Bertz CT molecular complexity index is 481. The third-order valence-corrected chi connectivity index (χ3v) is 4.33. The molecule has 0 aliphatic heterocycles. The Hall–Kier alpha value is -1.62. The molecule has 21 heavy (non-hydrogen) atoms. The molecule has 0 spiro atoms. The van der Waals surface area contributed by atoms with Crippen LogP contribution in [0.15, 0.2) is 12.1 Å². The highest BCUT2D eigenvalue weighted by molar-refractivity contribution is 5.95. The van der Waals surface area contributed by atoms with Gasteiger partial charge in [0.1, 0.15) is 5.82 Å². The molecule has 0 aromatic carbocycles. The Balaban J connectivity index is 2.03. The van der Waals surface area contributed by atoms with Crippen molar-refractivity contribution in [3.63, 3.8) is 0 Å². The van der Waals surface area contributed by atoms with E-state index in [4.69, 9.17) is 5.84 Å². The minimum absolute atomic E-state index is 0.0340. The summed E-state index contributed by atoms with van der Waals surface area (Å²) in [5, 5.41) is 3.14. The summed E-state index contributed by atoms with van der Waals surface area (Å²) in [4.78, 5) is 16.7. The third kappa shape index (κ3) is 4.17. The molecule has 116 valence electrons. The van der Waals surface area contributed by atoms with Crippen LogP contribution in [0.5, 0.6) is 0 Å². The molecular weight excluding hydrogens is 264 g/mol. The lowest BCUT2D eigenvalue weighted by atomic mass is 9.75. The molecule has 1 aromatic rings. The van der Waals surface area contributed by atoms with Crippen LogP contribution in [-0.4, -0.2) is 16.9 Å². The fourth-order valence-electron chi connectivity index (χ4n) is 2.79. The molecule has 1 aromatic heterocycles. The highest BCUT2D eigenvalue weighted by Gasteiger charge is 2.27. The van der Waals surface area contributed by atoms with Crippen LogP contribution in [0.3, 0.4) is 0 Å². The fraction of sp³-hybridized carbons (Fsp3) is 0.625. The van der Waals surface area contributed by atoms with Gasteiger partial charge in [-0.15, -0.1) is 0 Å². The number of amides is 1. The molecule has 1 aliphatic carbocycles. The number of anilines is 1. The van der Waals surface area contributed by atoms with Gasteiger partial charge in [0.25, 0.3) is 5.91 Å². The van der Waals surface area contributed by atoms with Gasteiger partial charge >= 0.3 is 0 Å². The van der Waals surface area contributed by atoms with E-state index in [1.807, 2.05) is 13.0 Å². The van der Waals surface area contributed by atoms with E-state index >= 15 is 0 Å². The van der Waals surface area contributed by atoms with Crippen molar-refractivity contribution in [3.8, 4) is 0 Å². The fourth-order valence-corrected chi connectivity index (χ4v) is 2.79. The Morgan fingerprint density at radius 2 is 2.05 bits per heavy atom. The van der Waals surface area contributed by atoms with Gasteiger partial charge in [-0.05, 0) is 49.7 Å². The minimum atomic E-state index is -0.0340. The molecular formula is C16H26N4O. The van der Waals surface area contributed by atoms with Gasteiger partial charge in [0.05, 0.1) is 0 Å². The maximum absolute atomic E-state index is 12.4. The maximum atomic E-state index is 12.4. The summed E-state index contributed by atoms with van der Waals surface area (Å²) in [6.45, 7) is 6.59. The number of hydrogen-bond donors (Lipinski definition) is 3. The van der Waals surface area contributed by atoms with Gasteiger partial charge in [-0.1, -0.05) is 20.8 Å². The van der Waals surface area contributed by atoms with Crippen molar-refractivity contribution in [1.82, 2.24) is 10.3 Å². The summed E-state index contributed by atoms with van der Waals surface area (Å²) >= 11 is 0. The average Bonchev–Trinajstić information content (AvgIpc) is 2.48. The number of rotatable bonds is 4. The number of pyridine rings is 1.